The second kappa shape index (κ2) is 8.02. The van der Waals surface area contributed by atoms with Crippen molar-refractivity contribution in [2.24, 2.45) is 5.73 Å². The van der Waals surface area contributed by atoms with Gasteiger partial charge in [-0.3, -0.25) is 4.79 Å². The predicted molar refractivity (Wildman–Crippen MR) is 119 cm³/mol. The molecule has 0 aromatic carbocycles. The maximum absolute atomic E-state index is 12.2. The summed E-state index contributed by atoms with van der Waals surface area (Å²) in [6.45, 7) is 1.50. The standard InChI is InChI=1S/C21H20N6O2S/c1-25-6-3-7-26-20-12(10-22)8-13-16(18(19(24)28)30-21(13)27-20)17-14(23)9-11-4-2-5-15(11)29-17/h2,4-5,8-9,25H,3,6-7,23H2,1H3,(H2,24,28)(H,26,27). The van der Waals surface area contributed by atoms with Crippen LogP contribution in [0.5, 0.6) is 0 Å². The molecule has 30 heavy (non-hydrogen) atoms. The topological polar surface area (TPSA) is 143 Å². The van der Waals surface area contributed by atoms with Crippen LogP contribution in [0.3, 0.4) is 0 Å². The third-order valence-electron chi connectivity index (χ3n) is 4.74. The Morgan fingerprint density at radius 3 is 2.90 bits per heavy atom. The maximum Gasteiger partial charge on any atom is 0.259 e. The van der Waals surface area contributed by atoms with E-state index in [4.69, 9.17) is 15.9 Å². The molecule has 6 N–H and O–H groups in total. The molecule has 0 unspecified atom stereocenters. The number of thiophene rings is 1. The van der Waals surface area contributed by atoms with Crippen molar-refractivity contribution in [3.8, 4) is 28.7 Å². The number of carbonyl (C=O) groups excluding carboxylic acids is 1. The number of fused-ring (bicyclic) bond motifs is 2. The molecule has 4 rings (SSSR count). The summed E-state index contributed by atoms with van der Waals surface area (Å²) in [5, 5.41) is 16.5. The van der Waals surface area contributed by atoms with E-state index in [1.807, 2.05) is 25.2 Å². The van der Waals surface area contributed by atoms with E-state index in [1.165, 1.54) is 0 Å². The van der Waals surface area contributed by atoms with Gasteiger partial charge in [0.1, 0.15) is 27.4 Å². The van der Waals surface area contributed by atoms with Crippen LogP contribution >= 0.6 is 11.3 Å². The van der Waals surface area contributed by atoms with Crippen LogP contribution in [0, 0.1) is 11.3 Å². The molecule has 0 saturated carbocycles. The highest BCUT2D eigenvalue weighted by atomic mass is 32.1. The minimum absolute atomic E-state index is 0.287. The quantitative estimate of drug-likeness (QED) is 0.336. The summed E-state index contributed by atoms with van der Waals surface area (Å²) in [5.41, 5.74) is 14.0. The Bertz CT molecular complexity index is 1250. The van der Waals surface area contributed by atoms with Gasteiger partial charge in [0.25, 0.3) is 5.91 Å². The molecule has 0 fully saturated rings. The van der Waals surface area contributed by atoms with Crippen molar-refractivity contribution in [3.63, 3.8) is 0 Å². The van der Waals surface area contributed by atoms with Crippen LogP contribution in [-0.4, -0.2) is 31.0 Å². The molecule has 0 atom stereocenters. The molecule has 1 amide bonds. The summed E-state index contributed by atoms with van der Waals surface area (Å²) in [6, 6.07) is 11.2. The van der Waals surface area contributed by atoms with E-state index >= 15 is 0 Å². The maximum atomic E-state index is 12.2. The van der Waals surface area contributed by atoms with Crippen molar-refractivity contribution in [2.75, 3.05) is 31.2 Å². The van der Waals surface area contributed by atoms with Crippen LogP contribution < -0.4 is 22.1 Å². The number of carbonyl (C=O) groups is 1. The number of primary amides is 1. The number of rotatable bonds is 7. The molecular weight excluding hydrogens is 400 g/mol. The number of pyridine rings is 1. The van der Waals surface area contributed by atoms with E-state index in [-0.39, 0.29) is 4.88 Å². The fourth-order valence-electron chi connectivity index (χ4n) is 3.34. The highest BCUT2D eigenvalue weighted by Crippen LogP contribution is 2.43. The molecule has 1 aliphatic carbocycles. The highest BCUT2D eigenvalue weighted by molar-refractivity contribution is 7.21. The number of nitrogens with two attached hydrogens (primary N) is 2. The van der Waals surface area contributed by atoms with Gasteiger partial charge in [-0.05, 0) is 38.2 Å². The normalized spacial score (nSPS) is 11.1. The number of amides is 1. The molecule has 0 spiro atoms. The van der Waals surface area contributed by atoms with E-state index < -0.39 is 5.91 Å². The molecule has 0 radical (unpaired) electrons. The molecule has 2 aromatic heterocycles. The monoisotopic (exact) mass is 420 g/mol. The molecule has 2 aromatic rings. The minimum Gasteiger partial charge on any atom is -0.454 e. The summed E-state index contributed by atoms with van der Waals surface area (Å²) >= 11 is 1.16. The van der Waals surface area contributed by atoms with Gasteiger partial charge in [0.15, 0.2) is 5.76 Å². The Hall–Kier alpha value is -3.61. The van der Waals surface area contributed by atoms with Crippen LogP contribution in [0.1, 0.15) is 21.7 Å². The molecule has 0 saturated heterocycles. The van der Waals surface area contributed by atoms with Gasteiger partial charge in [-0.25, -0.2) is 4.98 Å². The first-order valence-electron chi connectivity index (χ1n) is 9.37. The smallest absolute Gasteiger partial charge is 0.259 e. The number of hydrogen-bond donors (Lipinski definition) is 4. The molecule has 0 bridgehead atoms. The lowest BCUT2D eigenvalue weighted by molar-refractivity contribution is 0.100. The fourth-order valence-corrected chi connectivity index (χ4v) is 4.35. The zero-order valence-electron chi connectivity index (χ0n) is 16.3. The zero-order valence-corrected chi connectivity index (χ0v) is 17.1. The largest absolute Gasteiger partial charge is 0.454 e. The van der Waals surface area contributed by atoms with Crippen molar-refractivity contribution in [3.05, 3.63) is 40.8 Å². The van der Waals surface area contributed by atoms with E-state index in [1.54, 1.807) is 12.1 Å². The molecule has 2 aliphatic rings. The van der Waals surface area contributed by atoms with Crippen LogP contribution in [0.4, 0.5) is 11.5 Å². The average Bonchev–Trinajstić information content (AvgIpc) is 3.33. The highest BCUT2D eigenvalue weighted by Gasteiger charge is 2.25. The summed E-state index contributed by atoms with van der Waals surface area (Å²) in [5.74, 6) is 0.855. The Balaban J connectivity index is 1.89. The van der Waals surface area contributed by atoms with Gasteiger partial charge >= 0.3 is 0 Å². The number of anilines is 2. The van der Waals surface area contributed by atoms with Gasteiger partial charge in [-0.1, -0.05) is 12.1 Å². The fraction of sp³-hybridized carbons (Fsp3) is 0.190. The summed E-state index contributed by atoms with van der Waals surface area (Å²) in [7, 11) is 1.88. The Labute approximate surface area is 176 Å². The summed E-state index contributed by atoms with van der Waals surface area (Å²) in [6.07, 6.45) is 0.873. The first kappa shape index (κ1) is 19.7. The van der Waals surface area contributed by atoms with Gasteiger partial charge in [-0.15, -0.1) is 11.3 Å². The lowest BCUT2D eigenvalue weighted by atomic mass is 10.0. The second-order valence-electron chi connectivity index (χ2n) is 6.78. The summed E-state index contributed by atoms with van der Waals surface area (Å²) in [4.78, 5) is 17.7. The summed E-state index contributed by atoms with van der Waals surface area (Å²) < 4.78 is 6.01. The van der Waals surface area contributed by atoms with Crippen molar-refractivity contribution in [1.29, 1.82) is 5.26 Å². The van der Waals surface area contributed by atoms with Crippen molar-refractivity contribution >= 4 is 39.0 Å². The first-order valence-corrected chi connectivity index (χ1v) is 10.2. The molecule has 3 heterocycles. The van der Waals surface area contributed by atoms with Gasteiger partial charge < -0.3 is 26.5 Å². The van der Waals surface area contributed by atoms with E-state index in [0.717, 1.165) is 29.9 Å². The number of aromatic nitrogens is 1. The van der Waals surface area contributed by atoms with E-state index in [9.17, 15) is 10.1 Å². The molecule has 152 valence electrons. The first-order chi connectivity index (χ1) is 14.5. The number of nitrogens with one attached hydrogen (secondary N) is 2. The van der Waals surface area contributed by atoms with E-state index in [2.05, 4.69) is 21.7 Å². The number of hydrogen-bond acceptors (Lipinski definition) is 8. The SMILES string of the molecule is CNCCCNc1nc2sc(C(N)=O)c(-c3oc4cccc-4cc3N)c2cc1C#N. The molecule has 9 heteroatoms. The number of nitriles is 1. The lowest BCUT2D eigenvalue weighted by Crippen LogP contribution is -2.13. The van der Waals surface area contributed by atoms with Crippen LogP contribution in [0.25, 0.3) is 32.9 Å². The molecular formula is C21H20N6O2S. The van der Waals surface area contributed by atoms with Crippen LogP contribution in [0.15, 0.2) is 34.7 Å². The van der Waals surface area contributed by atoms with Crippen LogP contribution in [0.2, 0.25) is 0 Å². The predicted octanol–water partition coefficient (Wildman–Crippen LogP) is 3.24. The Kier molecular flexibility index (Phi) is 5.27. The van der Waals surface area contributed by atoms with Crippen LogP contribution in [-0.2, 0) is 0 Å². The van der Waals surface area contributed by atoms with Gasteiger partial charge in [0, 0.05) is 17.5 Å². The van der Waals surface area contributed by atoms with Crippen molar-refractivity contribution in [1.82, 2.24) is 10.3 Å². The van der Waals surface area contributed by atoms with Gasteiger partial charge in [0.05, 0.1) is 16.8 Å². The zero-order chi connectivity index (χ0) is 21.3. The lowest BCUT2D eigenvalue weighted by Gasteiger charge is -2.10. The number of nitrogen functional groups attached to an aromatic ring is 1. The third-order valence-corrected chi connectivity index (χ3v) is 5.86. The van der Waals surface area contributed by atoms with Crippen molar-refractivity contribution in [2.45, 2.75) is 6.42 Å². The molecule has 1 aliphatic heterocycles. The number of nitrogens with zero attached hydrogens (tertiary/aromatic N) is 2. The third kappa shape index (κ3) is 3.43. The van der Waals surface area contributed by atoms with Crippen molar-refractivity contribution < 1.29 is 9.21 Å². The molecule has 8 nitrogen and oxygen atoms in total. The second-order valence-corrected chi connectivity index (χ2v) is 7.78. The Morgan fingerprint density at radius 2 is 2.17 bits per heavy atom. The van der Waals surface area contributed by atoms with Gasteiger partial charge in [-0.2, -0.15) is 5.26 Å². The Morgan fingerprint density at radius 1 is 1.33 bits per heavy atom. The minimum atomic E-state index is -0.604. The van der Waals surface area contributed by atoms with E-state index in [0.29, 0.717) is 50.9 Å². The van der Waals surface area contributed by atoms with Gasteiger partial charge in [0.2, 0.25) is 0 Å². The average molecular weight is 420 g/mol.